The predicted octanol–water partition coefficient (Wildman–Crippen LogP) is 6.03. The lowest BCUT2D eigenvalue weighted by Gasteiger charge is -2.03. The fourth-order valence-electron chi connectivity index (χ4n) is 2.41. The van der Waals surface area contributed by atoms with Crippen LogP contribution < -0.4 is 0 Å². The molecule has 0 amide bonds. The van der Waals surface area contributed by atoms with Crippen LogP contribution in [0.25, 0.3) is 0 Å². The summed E-state index contributed by atoms with van der Waals surface area (Å²) in [4.78, 5) is 11.3. The van der Waals surface area contributed by atoms with Crippen LogP contribution in [0, 0.1) is 0 Å². The van der Waals surface area contributed by atoms with Gasteiger partial charge in [-0.2, -0.15) is 0 Å². The van der Waals surface area contributed by atoms with Crippen molar-refractivity contribution in [1.29, 1.82) is 0 Å². The van der Waals surface area contributed by atoms with Crippen LogP contribution in [0.4, 0.5) is 0 Å². The van der Waals surface area contributed by atoms with E-state index in [4.69, 9.17) is 6.11 Å². The Kier molecular flexibility index (Phi) is 14.5. The summed E-state index contributed by atoms with van der Waals surface area (Å²) in [5, 5.41) is 0. The Labute approximate surface area is 128 Å². The molecule has 2 heteroatoms. The number of rotatable bonds is 15. The van der Waals surface area contributed by atoms with Crippen LogP contribution in [0.15, 0.2) is 0 Å². The molecule has 0 N–H and O–H groups in total. The molecule has 0 fully saturated rings. The summed E-state index contributed by atoms with van der Waals surface area (Å²) < 4.78 is 12.5. The maximum Gasteiger partial charge on any atom is 0.305 e. The molecule has 0 saturated heterocycles. The molecule has 0 radical (unpaired) electrons. The van der Waals surface area contributed by atoms with Crippen molar-refractivity contribution in [2.75, 3.05) is 6.61 Å². The van der Waals surface area contributed by atoms with Crippen molar-refractivity contribution in [3.63, 3.8) is 0 Å². The van der Waals surface area contributed by atoms with Crippen LogP contribution in [-0.2, 0) is 9.53 Å². The molecule has 0 heterocycles. The van der Waals surface area contributed by atoms with E-state index in [1.54, 1.807) is 6.92 Å². The van der Waals surface area contributed by atoms with Gasteiger partial charge in [-0.3, -0.25) is 4.79 Å². The number of ether oxygens (including phenoxy) is 1. The van der Waals surface area contributed by atoms with E-state index >= 15 is 0 Å². The Bertz CT molecular complexity index is 231. The number of carbonyl (C=O) groups excluding carboxylic acids is 1. The first-order valence-corrected chi connectivity index (χ1v) is 8.81. The van der Waals surface area contributed by atoms with Gasteiger partial charge in [-0.1, -0.05) is 84.0 Å². The van der Waals surface area contributed by atoms with Crippen molar-refractivity contribution >= 4 is 5.97 Å². The van der Waals surface area contributed by atoms with Crippen molar-refractivity contribution in [2.24, 2.45) is 0 Å². The van der Waals surface area contributed by atoms with Crippen molar-refractivity contribution in [1.82, 2.24) is 0 Å². The van der Waals surface area contributed by atoms with Crippen LogP contribution in [0.3, 0.4) is 0 Å². The second-order valence-electron chi connectivity index (χ2n) is 5.63. The van der Waals surface area contributed by atoms with E-state index in [2.05, 4.69) is 6.92 Å². The standard InChI is InChI=1S/C18H36O2/c1-3-5-6-7-8-9-10-11-12-13-14-15-16-17-18(19)20-4-2/h3-17H2,1-2H3/i17D. The minimum Gasteiger partial charge on any atom is -0.466 e. The number of hydrogen-bond donors (Lipinski definition) is 0. The zero-order chi connectivity index (χ0) is 15.8. The topological polar surface area (TPSA) is 26.3 Å². The molecule has 0 aliphatic carbocycles. The third kappa shape index (κ3) is 15.5. The summed E-state index contributed by atoms with van der Waals surface area (Å²) in [6.07, 6.45) is 15.7. The first-order valence-electron chi connectivity index (χ1n) is 9.39. The zero-order valence-electron chi connectivity index (χ0n) is 14.8. The van der Waals surface area contributed by atoms with Gasteiger partial charge in [0.05, 0.1) is 6.61 Å². The zero-order valence-corrected chi connectivity index (χ0v) is 13.8. The molecule has 0 aromatic carbocycles. The molecular weight excluding hydrogens is 248 g/mol. The lowest BCUT2D eigenvalue weighted by molar-refractivity contribution is -0.143. The van der Waals surface area contributed by atoms with Crippen molar-refractivity contribution < 1.29 is 10.9 Å². The highest BCUT2D eigenvalue weighted by Crippen LogP contribution is 2.12. The molecule has 1 unspecified atom stereocenters. The smallest absolute Gasteiger partial charge is 0.305 e. The van der Waals surface area contributed by atoms with E-state index in [1.807, 2.05) is 0 Å². The highest BCUT2D eigenvalue weighted by atomic mass is 16.5. The first kappa shape index (κ1) is 17.5. The number of hydrogen-bond acceptors (Lipinski definition) is 2. The quantitative estimate of drug-likeness (QED) is 0.271. The van der Waals surface area contributed by atoms with E-state index in [0.29, 0.717) is 13.0 Å². The molecule has 20 heavy (non-hydrogen) atoms. The lowest BCUT2D eigenvalue weighted by Crippen LogP contribution is -2.03. The van der Waals surface area contributed by atoms with Gasteiger partial charge in [0.2, 0.25) is 0 Å². The maximum atomic E-state index is 11.3. The van der Waals surface area contributed by atoms with Gasteiger partial charge in [-0.05, 0) is 13.3 Å². The Morgan fingerprint density at radius 1 is 0.750 bits per heavy atom. The van der Waals surface area contributed by atoms with Gasteiger partial charge in [0.25, 0.3) is 0 Å². The third-order valence-electron chi connectivity index (χ3n) is 3.66. The molecule has 0 rings (SSSR count). The summed E-state index contributed by atoms with van der Waals surface area (Å²) in [6.45, 7) is 4.43. The highest BCUT2D eigenvalue weighted by molar-refractivity contribution is 5.69. The van der Waals surface area contributed by atoms with Crippen LogP contribution in [0.2, 0.25) is 0 Å². The summed E-state index contributed by atoms with van der Waals surface area (Å²) in [5.74, 6) is -0.361. The molecule has 0 aliphatic heterocycles. The second-order valence-corrected chi connectivity index (χ2v) is 5.63. The third-order valence-corrected chi connectivity index (χ3v) is 3.66. The number of unbranched alkanes of at least 4 members (excludes halogenated alkanes) is 11. The minimum atomic E-state index is -0.673. The van der Waals surface area contributed by atoms with Gasteiger partial charge >= 0.3 is 5.97 Å². The maximum absolute atomic E-state index is 11.3. The molecule has 0 aromatic rings. The predicted molar refractivity (Wildman–Crippen MR) is 86.9 cm³/mol. The van der Waals surface area contributed by atoms with E-state index in [-0.39, 0.29) is 5.97 Å². The van der Waals surface area contributed by atoms with Gasteiger partial charge in [0, 0.05) is 7.77 Å². The van der Waals surface area contributed by atoms with E-state index in [0.717, 1.165) is 12.8 Å². The fourth-order valence-corrected chi connectivity index (χ4v) is 2.41. The van der Waals surface area contributed by atoms with Crippen LogP contribution >= 0.6 is 0 Å². The van der Waals surface area contributed by atoms with E-state index in [1.165, 1.54) is 64.2 Å². The van der Waals surface area contributed by atoms with Gasteiger partial charge in [-0.25, -0.2) is 0 Å². The fraction of sp³-hybridized carbons (Fsp3) is 0.944. The first-order chi connectivity index (χ1) is 10.2. The number of carbonyl (C=O) groups is 1. The molecule has 0 saturated carbocycles. The van der Waals surface area contributed by atoms with Crippen LogP contribution in [0.5, 0.6) is 0 Å². The molecule has 1 atom stereocenters. The minimum absolute atomic E-state index is 0.361. The van der Waals surface area contributed by atoms with Gasteiger partial charge in [-0.15, -0.1) is 0 Å². The average Bonchev–Trinajstić information content (AvgIpc) is 2.48. The average molecular weight is 285 g/mol. The number of esters is 1. The van der Waals surface area contributed by atoms with Crippen molar-refractivity contribution in [3.8, 4) is 0 Å². The summed E-state index contributed by atoms with van der Waals surface area (Å²) in [7, 11) is 0. The Morgan fingerprint density at radius 3 is 1.55 bits per heavy atom. The van der Waals surface area contributed by atoms with E-state index in [9.17, 15) is 4.79 Å². The van der Waals surface area contributed by atoms with Crippen LogP contribution in [0.1, 0.15) is 105 Å². The Morgan fingerprint density at radius 2 is 1.15 bits per heavy atom. The molecule has 0 bridgehead atoms. The lowest BCUT2D eigenvalue weighted by atomic mass is 10.0. The van der Waals surface area contributed by atoms with Gasteiger partial charge in [0.1, 0.15) is 0 Å². The van der Waals surface area contributed by atoms with Crippen LogP contribution in [-0.4, -0.2) is 12.6 Å². The summed E-state index contributed by atoms with van der Waals surface area (Å²) in [5.41, 5.74) is 0. The Balaban J connectivity index is 3.17. The summed E-state index contributed by atoms with van der Waals surface area (Å²) >= 11 is 0. The molecule has 0 spiro atoms. The highest BCUT2D eigenvalue weighted by Gasteiger charge is 2.00. The van der Waals surface area contributed by atoms with Crippen molar-refractivity contribution in [2.45, 2.75) is 104 Å². The van der Waals surface area contributed by atoms with Gasteiger partial charge < -0.3 is 4.74 Å². The van der Waals surface area contributed by atoms with E-state index < -0.39 is 6.40 Å². The normalized spacial score (nSPS) is 13.0. The largest absolute Gasteiger partial charge is 0.466 e. The second kappa shape index (κ2) is 16.5. The summed E-state index contributed by atoms with van der Waals surface area (Å²) in [6, 6.07) is 0. The molecule has 0 aromatic heterocycles. The van der Waals surface area contributed by atoms with Crippen molar-refractivity contribution in [3.05, 3.63) is 0 Å². The molecule has 120 valence electrons. The molecule has 2 nitrogen and oxygen atoms in total. The molecular formula is C18H36O2. The Hall–Kier alpha value is -0.530. The SMILES string of the molecule is [2H]C(CCCCCCCCCCCCCC)C(=O)OCC. The molecule has 0 aliphatic rings. The van der Waals surface area contributed by atoms with Gasteiger partial charge in [0.15, 0.2) is 0 Å². The monoisotopic (exact) mass is 285 g/mol.